The average molecular weight is 470 g/mol. The van der Waals surface area contributed by atoms with Crippen molar-refractivity contribution < 1.29 is 0 Å². The van der Waals surface area contributed by atoms with Crippen LogP contribution in [0.5, 0.6) is 0 Å². The van der Waals surface area contributed by atoms with Crippen molar-refractivity contribution in [3.8, 4) is 0 Å². The predicted molar refractivity (Wildman–Crippen MR) is 149 cm³/mol. The highest BCUT2D eigenvalue weighted by Gasteiger charge is 2.60. The summed E-state index contributed by atoms with van der Waals surface area (Å²) in [6, 6.07) is 0.451. The Bertz CT molecular complexity index is 731. The number of hydrogen-bond donors (Lipinski definition) is 1. The Kier molecular flexibility index (Phi) is 7.77. The maximum atomic E-state index is 6.32. The Labute approximate surface area is 213 Å². The van der Waals surface area contributed by atoms with Gasteiger partial charge in [-0.2, -0.15) is 0 Å². The monoisotopic (exact) mass is 469 g/mol. The molecule has 0 aliphatic heterocycles. The quantitative estimate of drug-likeness (QED) is 0.385. The summed E-state index contributed by atoms with van der Waals surface area (Å²) in [5.41, 5.74) is 9.57. The number of hydrogen-bond acceptors (Lipinski definition) is 1. The van der Waals surface area contributed by atoms with E-state index in [0.29, 0.717) is 22.3 Å². The Morgan fingerprint density at radius 3 is 2.29 bits per heavy atom. The lowest BCUT2D eigenvalue weighted by atomic mass is 9.40. The molecule has 0 amide bonds. The van der Waals surface area contributed by atoms with Crippen LogP contribution in [0, 0.1) is 57.7 Å². The summed E-state index contributed by atoms with van der Waals surface area (Å²) in [4.78, 5) is 0. The first-order chi connectivity index (χ1) is 16.0. The molecule has 0 aromatic heterocycles. The van der Waals surface area contributed by atoms with Gasteiger partial charge in [-0.15, -0.1) is 0 Å². The molecular formula is C33H59N. The number of rotatable bonds is 6. The van der Waals surface area contributed by atoms with E-state index in [1.807, 2.05) is 5.57 Å². The molecule has 4 aliphatic carbocycles. The van der Waals surface area contributed by atoms with E-state index in [1.54, 1.807) is 0 Å². The molecule has 0 bridgehead atoms. The summed E-state index contributed by atoms with van der Waals surface area (Å²) in [6.07, 6.45) is 19.5. The summed E-state index contributed by atoms with van der Waals surface area (Å²) in [7, 11) is 0. The number of nitrogens with two attached hydrogens (primary N) is 1. The van der Waals surface area contributed by atoms with Gasteiger partial charge in [0.15, 0.2) is 0 Å². The van der Waals surface area contributed by atoms with Crippen LogP contribution in [0.3, 0.4) is 0 Å². The molecule has 0 saturated heterocycles. The molecular weight excluding hydrogens is 410 g/mol. The van der Waals surface area contributed by atoms with E-state index >= 15 is 0 Å². The number of fused-ring (bicyclic) bond motifs is 3. The Morgan fingerprint density at radius 1 is 0.941 bits per heavy atom. The molecule has 2 N–H and O–H groups in total. The topological polar surface area (TPSA) is 26.0 Å². The van der Waals surface area contributed by atoms with E-state index in [4.69, 9.17) is 5.73 Å². The van der Waals surface area contributed by atoms with E-state index < -0.39 is 0 Å². The summed E-state index contributed by atoms with van der Waals surface area (Å²) in [5.74, 6) is 5.96. The smallest absolute Gasteiger partial charge is 0.00647 e. The molecule has 0 heterocycles. The van der Waals surface area contributed by atoms with E-state index in [2.05, 4.69) is 61.5 Å². The van der Waals surface area contributed by atoms with E-state index in [0.717, 1.165) is 41.4 Å². The lowest BCUT2D eigenvalue weighted by Crippen LogP contribution is -2.57. The standard InChI is InChI=1S/C33H59N/c1-9-26(10-2)23(4)33(8)18-16-29-28(31(33,5)6)13-12-27-21-25(15-17-32(27,29)7)20-24-11-14-30(34)22(3)19-24/h21-26,28-30H,9-20,34H2,1-8H3/t22-,23?,24?,25?,28?,29?,30?,32?,33?/m1/s1. The first kappa shape index (κ1) is 26.8. The van der Waals surface area contributed by atoms with Crippen LogP contribution in [0.1, 0.15) is 132 Å². The minimum atomic E-state index is 0.431. The van der Waals surface area contributed by atoms with Gasteiger partial charge in [-0.05, 0) is 122 Å². The molecule has 4 rings (SSSR count). The van der Waals surface area contributed by atoms with Crippen molar-refractivity contribution in [3.63, 3.8) is 0 Å². The Balaban J connectivity index is 1.50. The highest BCUT2D eigenvalue weighted by Crippen LogP contribution is 2.68. The van der Waals surface area contributed by atoms with E-state index in [9.17, 15) is 0 Å². The van der Waals surface area contributed by atoms with Gasteiger partial charge >= 0.3 is 0 Å². The van der Waals surface area contributed by atoms with Gasteiger partial charge in [0.25, 0.3) is 0 Å². The fourth-order valence-corrected chi connectivity index (χ4v) is 10.2. The third kappa shape index (κ3) is 4.37. The predicted octanol–water partition coefficient (Wildman–Crippen LogP) is 9.41. The zero-order valence-electron chi connectivity index (χ0n) is 24.3. The molecule has 1 heteroatoms. The van der Waals surface area contributed by atoms with Gasteiger partial charge in [-0.25, -0.2) is 0 Å². The third-order valence-corrected chi connectivity index (χ3v) is 13.3. The summed E-state index contributed by atoms with van der Waals surface area (Å²) in [5, 5.41) is 0. The molecule has 196 valence electrons. The fraction of sp³-hybridized carbons (Fsp3) is 0.939. The highest BCUT2D eigenvalue weighted by molar-refractivity contribution is 5.25. The van der Waals surface area contributed by atoms with Crippen molar-refractivity contribution >= 4 is 0 Å². The van der Waals surface area contributed by atoms with Crippen molar-refractivity contribution in [2.24, 2.45) is 63.4 Å². The van der Waals surface area contributed by atoms with Crippen molar-refractivity contribution in [1.82, 2.24) is 0 Å². The Morgan fingerprint density at radius 2 is 1.65 bits per heavy atom. The van der Waals surface area contributed by atoms with Crippen LogP contribution >= 0.6 is 0 Å². The summed E-state index contributed by atoms with van der Waals surface area (Å²) < 4.78 is 0. The molecule has 0 aromatic rings. The van der Waals surface area contributed by atoms with Crippen molar-refractivity contribution in [2.75, 3.05) is 0 Å². The molecule has 3 fully saturated rings. The Hall–Kier alpha value is -0.300. The lowest BCUT2D eigenvalue weighted by Gasteiger charge is -2.65. The van der Waals surface area contributed by atoms with E-state index in [-0.39, 0.29) is 0 Å². The van der Waals surface area contributed by atoms with Gasteiger partial charge in [0.1, 0.15) is 0 Å². The molecule has 9 atom stereocenters. The second-order valence-corrected chi connectivity index (χ2v) is 14.8. The number of allylic oxidation sites excluding steroid dienone is 2. The first-order valence-corrected chi connectivity index (χ1v) is 15.4. The maximum Gasteiger partial charge on any atom is 0.00647 e. The van der Waals surface area contributed by atoms with Gasteiger partial charge < -0.3 is 5.73 Å². The van der Waals surface area contributed by atoms with Crippen molar-refractivity contribution in [1.29, 1.82) is 0 Å². The van der Waals surface area contributed by atoms with Crippen molar-refractivity contribution in [2.45, 2.75) is 138 Å². The largest absolute Gasteiger partial charge is 0.327 e. The first-order valence-electron chi connectivity index (χ1n) is 15.4. The van der Waals surface area contributed by atoms with Crippen LogP contribution < -0.4 is 5.73 Å². The molecule has 34 heavy (non-hydrogen) atoms. The average Bonchev–Trinajstić information content (AvgIpc) is 2.79. The molecule has 8 unspecified atom stereocenters. The fourth-order valence-electron chi connectivity index (χ4n) is 10.2. The highest BCUT2D eigenvalue weighted by atomic mass is 14.7. The van der Waals surface area contributed by atoms with Gasteiger partial charge in [-0.1, -0.05) is 79.9 Å². The van der Waals surface area contributed by atoms with Crippen LogP contribution in [-0.2, 0) is 0 Å². The van der Waals surface area contributed by atoms with Gasteiger partial charge in [0, 0.05) is 6.04 Å². The summed E-state index contributed by atoms with van der Waals surface area (Å²) in [6.45, 7) is 20.6. The van der Waals surface area contributed by atoms with Gasteiger partial charge in [-0.3, -0.25) is 0 Å². The van der Waals surface area contributed by atoms with Crippen LogP contribution in [0.15, 0.2) is 11.6 Å². The maximum absolute atomic E-state index is 6.32. The SMILES string of the molecule is CCC(CC)C(C)C1(C)CCC2C(CCC3=CC(CC4CCC(N)[C@H](C)C4)CCC32C)C1(C)C. The van der Waals surface area contributed by atoms with Crippen LogP contribution in [0.25, 0.3) is 0 Å². The molecule has 3 saturated carbocycles. The minimum absolute atomic E-state index is 0.431. The van der Waals surface area contributed by atoms with Gasteiger partial charge in [0.2, 0.25) is 0 Å². The molecule has 1 nitrogen and oxygen atoms in total. The second kappa shape index (κ2) is 9.87. The van der Waals surface area contributed by atoms with E-state index in [1.165, 1.54) is 77.0 Å². The van der Waals surface area contributed by atoms with Crippen LogP contribution in [0.4, 0.5) is 0 Å². The van der Waals surface area contributed by atoms with Gasteiger partial charge in [0.05, 0.1) is 0 Å². The molecule has 0 radical (unpaired) electrons. The lowest BCUT2D eigenvalue weighted by molar-refractivity contribution is -0.140. The normalized spacial score (nSPS) is 45.3. The summed E-state index contributed by atoms with van der Waals surface area (Å²) >= 11 is 0. The molecule has 4 aliphatic rings. The third-order valence-electron chi connectivity index (χ3n) is 13.3. The minimum Gasteiger partial charge on any atom is -0.327 e. The van der Waals surface area contributed by atoms with Crippen LogP contribution in [-0.4, -0.2) is 6.04 Å². The van der Waals surface area contributed by atoms with Crippen LogP contribution in [0.2, 0.25) is 0 Å². The molecule has 0 aromatic carbocycles. The second-order valence-electron chi connectivity index (χ2n) is 14.8. The molecule has 0 spiro atoms. The zero-order chi connectivity index (χ0) is 24.9. The van der Waals surface area contributed by atoms with Crippen molar-refractivity contribution in [3.05, 3.63) is 11.6 Å². The zero-order valence-corrected chi connectivity index (χ0v) is 24.3.